The SMILES string of the molecule is CCN(CCOCC(=O)OC(C)(C)C)c1ccc(C2=C([O-])C(C)C2[O-])cc1.Cc1c(O)cc(N(CCN=[N+]=[N-])CCN=[N+]=[N-])cc1O.O=C1NCc2ccc(cc2)CNC(=O)c2cccc(n2)C(=O)NCC2CCC(CC2)CNC(=O)c2cccc1n2. The first-order valence-electron chi connectivity index (χ1n) is 28.8. The van der Waals surface area contributed by atoms with Crippen molar-refractivity contribution in [2.45, 2.75) is 92.0 Å². The number of nitrogens with one attached hydrogen (secondary N) is 4. The summed E-state index contributed by atoms with van der Waals surface area (Å²) in [5.41, 5.74) is 21.6. The van der Waals surface area contributed by atoms with Crippen LogP contribution < -0.4 is 41.3 Å². The number of benzene rings is 3. The molecule has 2 atom stereocenters. The summed E-state index contributed by atoms with van der Waals surface area (Å²) in [7, 11) is 0. The van der Waals surface area contributed by atoms with E-state index in [9.17, 15) is 44.4 Å². The number of azide groups is 2. The fourth-order valence-corrected chi connectivity index (χ4v) is 9.64. The lowest BCUT2D eigenvalue weighted by atomic mass is 9.78. The molecule has 11 rings (SSSR count). The summed E-state index contributed by atoms with van der Waals surface area (Å²) in [4.78, 5) is 80.2. The van der Waals surface area contributed by atoms with Crippen molar-refractivity contribution in [1.29, 1.82) is 0 Å². The van der Waals surface area contributed by atoms with Gasteiger partial charge in [0.25, 0.3) is 23.6 Å². The fraction of sp³-hybridized carbons (Fsp3) is 0.435. The maximum atomic E-state index is 12.7. The van der Waals surface area contributed by atoms with Gasteiger partial charge in [-0.15, -0.1) is 5.76 Å². The van der Waals surface area contributed by atoms with E-state index in [-0.39, 0.29) is 102 Å². The van der Waals surface area contributed by atoms with Crippen LogP contribution >= 0.6 is 0 Å². The zero-order valence-electron chi connectivity index (χ0n) is 49.9. The number of likely N-dealkylation sites (N-methyl/N-ethyl adjacent to an activating group) is 1. The molecule has 2 aliphatic carbocycles. The average molecular weight is 1190 g/mol. The number of esters is 1. The number of hydrogen-bond donors (Lipinski definition) is 6. The minimum absolute atomic E-state index is 0.0300. The number of phenolic OH excluding ortho intramolecular Hbond substituents is 2. The minimum Gasteiger partial charge on any atom is -0.875 e. The fourth-order valence-electron chi connectivity index (χ4n) is 9.64. The number of aromatic nitrogens is 2. The third-order valence-electron chi connectivity index (χ3n) is 14.7. The van der Waals surface area contributed by atoms with Gasteiger partial charge >= 0.3 is 5.97 Å². The van der Waals surface area contributed by atoms with Crippen LogP contribution in [0.25, 0.3) is 26.5 Å². The van der Waals surface area contributed by atoms with Crippen LogP contribution in [-0.2, 0) is 27.4 Å². The van der Waals surface area contributed by atoms with Crippen LogP contribution in [0.15, 0.2) is 113 Å². The van der Waals surface area contributed by atoms with Crippen molar-refractivity contribution >= 4 is 46.5 Å². The summed E-state index contributed by atoms with van der Waals surface area (Å²) < 4.78 is 10.6. The second kappa shape index (κ2) is 32.8. The molecule has 1 saturated carbocycles. The third kappa shape index (κ3) is 20.4. The van der Waals surface area contributed by atoms with Crippen molar-refractivity contribution in [3.8, 4) is 11.5 Å². The van der Waals surface area contributed by atoms with Crippen LogP contribution in [0.2, 0.25) is 0 Å². The van der Waals surface area contributed by atoms with Crippen molar-refractivity contribution in [2.24, 2.45) is 28.0 Å². The van der Waals surface area contributed by atoms with Gasteiger partial charge in [-0.1, -0.05) is 77.4 Å². The molecule has 462 valence electrons. The molecular formula is C62H76N14O11-2. The largest absolute Gasteiger partial charge is 0.875 e. The van der Waals surface area contributed by atoms with Gasteiger partial charge in [0, 0.05) is 104 Å². The Balaban J connectivity index is 0.000000224. The molecule has 1 fully saturated rings. The number of carbonyl (C=O) groups excluding carboxylic acids is 5. The van der Waals surface area contributed by atoms with Crippen LogP contribution in [0.3, 0.4) is 0 Å². The van der Waals surface area contributed by atoms with E-state index in [2.05, 4.69) is 56.2 Å². The molecule has 0 spiro atoms. The van der Waals surface area contributed by atoms with Crippen molar-refractivity contribution < 1.29 is 53.9 Å². The van der Waals surface area contributed by atoms with E-state index in [1.807, 2.05) is 76.2 Å². The molecule has 6 N–H and O–H groups in total. The van der Waals surface area contributed by atoms with Gasteiger partial charge in [0.05, 0.1) is 6.61 Å². The Hall–Kier alpha value is -9.41. The lowest BCUT2D eigenvalue weighted by Gasteiger charge is -2.49. The predicted molar refractivity (Wildman–Crippen MR) is 323 cm³/mol. The van der Waals surface area contributed by atoms with Crippen LogP contribution in [0.1, 0.15) is 125 Å². The molecule has 6 heterocycles. The standard InChI is InChI=1S/C30H32N6O4.C21H30NO5.C11H15N7O2/c37-27-23-3-1-4-24(35-23)28(38)32-16-20-9-13-22(14-10-20)18-34-30(40)26-6-2-5-25(36-26)29(39)33-17-21-11-7-19(8-12-21)15-31-27;1-6-22(11-12-26-13-17(23)27-21(3,4)5)16-9-7-15(8-10-16)18-19(24)14(2)20(18)25;1-8-10(19)6-9(7-11(8)20)18(4-2-14-16-12)5-3-15-17-13/h1-8,11-12,20,22H,9-10,13-18H2,(H,31,37)(H,32,38)(H,33,39)(H,34,40);7-10,14,19,25H,6,11-13H2,1-5H3;6-7,19-20H,2-5H2,1H3/q;-1;/p-1. The molecule has 8 bridgehead atoms. The molecule has 3 aromatic carbocycles. The summed E-state index contributed by atoms with van der Waals surface area (Å²) >= 11 is 0. The van der Waals surface area contributed by atoms with Gasteiger partial charge in [-0.2, -0.15) is 0 Å². The molecule has 6 aliphatic rings. The molecule has 25 heteroatoms. The summed E-state index contributed by atoms with van der Waals surface area (Å²) in [6.07, 6.45) is 2.82. The Kier molecular flexibility index (Phi) is 25.1. The van der Waals surface area contributed by atoms with Crippen LogP contribution in [0, 0.1) is 24.7 Å². The van der Waals surface area contributed by atoms with Gasteiger partial charge in [0.15, 0.2) is 0 Å². The first kappa shape index (κ1) is 66.7. The van der Waals surface area contributed by atoms with E-state index in [0.717, 1.165) is 49.0 Å². The van der Waals surface area contributed by atoms with Crippen LogP contribution in [0.5, 0.6) is 11.5 Å². The zero-order chi connectivity index (χ0) is 63.0. The second-order valence-electron chi connectivity index (χ2n) is 22.1. The first-order chi connectivity index (χ1) is 41.7. The molecule has 25 nitrogen and oxygen atoms in total. The highest BCUT2D eigenvalue weighted by atomic mass is 16.6. The van der Waals surface area contributed by atoms with Crippen molar-refractivity contribution in [1.82, 2.24) is 31.2 Å². The van der Waals surface area contributed by atoms with Crippen molar-refractivity contribution in [3.05, 3.63) is 169 Å². The smallest absolute Gasteiger partial charge is 0.332 e. The first-order valence-corrected chi connectivity index (χ1v) is 28.8. The molecule has 2 unspecified atom stereocenters. The highest BCUT2D eigenvalue weighted by Gasteiger charge is 2.26. The summed E-state index contributed by atoms with van der Waals surface area (Å²) in [6, 6.07) is 27.6. The van der Waals surface area contributed by atoms with E-state index >= 15 is 0 Å². The molecular weight excluding hydrogens is 1120 g/mol. The summed E-state index contributed by atoms with van der Waals surface area (Å²) in [6.45, 7) is 15.3. The van der Waals surface area contributed by atoms with Gasteiger partial charge in [0.2, 0.25) is 0 Å². The Morgan fingerprint density at radius 1 is 0.690 bits per heavy atom. The van der Waals surface area contributed by atoms with E-state index in [0.29, 0.717) is 73.6 Å². The zero-order valence-corrected chi connectivity index (χ0v) is 49.9. The number of phenols is 2. The number of anilines is 2. The molecule has 0 saturated heterocycles. The molecule has 2 aromatic heterocycles. The Morgan fingerprint density at radius 2 is 1.14 bits per heavy atom. The highest BCUT2D eigenvalue weighted by Crippen LogP contribution is 2.37. The molecule has 87 heavy (non-hydrogen) atoms. The van der Waals surface area contributed by atoms with E-state index < -0.39 is 17.6 Å². The molecule has 4 aliphatic heterocycles. The van der Waals surface area contributed by atoms with Gasteiger partial charge in [0.1, 0.15) is 46.5 Å². The highest BCUT2D eigenvalue weighted by molar-refractivity contribution is 5.97. The maximum absolute atomic E-state index is 12.7. The van der Waals surface area contributed by atoms with E-state index in [1.54, 1.807) is 55.1 Å². The van der Waals surface area contributed by atoms with Crippen molar-refractivity contribution in [2.75, 3.05) is 75.4 Å². The summed E-state index contributed by atoms with van der Waals surface area (Å²) in [5, 5.41) is 61.7. The van der Waals surface area contributed by atoms with Gasteiger partial charge in [-0.3, -0.25) is 19.2 Å². The van der Waals surface area contributed by atoms with E-state index in [4.69, 9.17) is 20.5 Å². The van der Waals surface area contributed by atoms with Gasteiger partial charge in [-0.05, 0) is 142 Å². The third-order valence-corrected chi connectivity index (χ3v) is 14.7. The minimum atomic E-state index is -0.924. The number of rotatable bonds is 15. The number of amides is 4. The number of carbonyl (C=O) groups is 5. The average Bonchev–Trinajstić information content (AvgIpc) is 3.69. The lowest BCUT2D eigenvalue weighted by molar-refractivity contribution is -0.437. The number of nitrogens with zero attached hydrogens (tertiary/aromatic N) is 10. The monoisotopic (exact) mass is 1190 g/mol. The predicted octanol–water partition coefficient (Wildman–Crippen LogP) is 6.77. The van der Waals surface area contributed by atoms with Crippen LogP contribution in [-0.4, -0.2) is 127 Å². The molecule has 4 amide bonds. The van der Waals surface area contributed by atoms with Crippen LogP contribution in [0.4, 0.5) is 11.4 Å². The quantitative estimate of drug-likeness (QED) is 0.0207. The van der Waals surface area contributed by atoms with Gasteiger partial charge in [-0.25, -0.2) is 14.8 Å². The number of pyridine rings is 2. The summed E-state index contributed by atoms with van der Waals surface area (Å²) in [5.74, 6) is -1.58. The second-order valence-corrected chi connectivity index (χ2v) is 22.1. The number of ether oxygens (including phenoxy) is 2. The maximum Gasteiger partial charge on any atom is 0.332 e. The topological polar surface area (TPSA) is 368 Å². The van der Waals surface area contributed by atoms with E-state index in [1.165, 1.54) is 12.1 Å². The van der Waals surface area contributed by atoms with Gasteiger partial charge < -0.3 is 61.0 Å². The Labute approximate surface area is 505 Å². The Bertz CT molecular complexity index is 3150. The lowest BCUT2D eigenvalue weighted by Crippen LogP contribution is -2.47. The molecule has 0 radical (unpaired) electrons. The number of hydrogen-bond acceptors (Lipinski definition) is 17. The number of aromatic hydroxyl groups is 2. The van der Waals surface area contributed by atoms with Crippen molar-refractivity contribution in [3.63, 3.8) is 0 Å². The normalized spacial score (nSPS) is 17.8. The molecule has 5 aromatic rings. The Morgan fingerprint density at radius 3 is 1.55 bits per heavy atom.